The highest BCUT2D eigenvalue weighted by molar-refractivity contribution is 6.31. The third-order valence-electron chi connectivity index (χ3n) is 3.79. The number of hydrogen-bond donors (Lipinski definition) is 0. The standard InChI is InChI=1S/C20H22ClF3O/c1-3-4-5-6-7-8-16(10-9-15(2)21)19(25)17-11-13-18(14-12-17)20(22,23)24/h11-14,16H,2-8H2,1H3. The van der Waals surface area contributed by atoms with Crippen LogP contribution in [0.25, 0.3) is 0 Å². The number of hydrogen-bond acceptors (Lipinski definition) is 1. The van der Waals surface area contributed by atoms with E-state index in [0.717, 1.165) is 44.2 Å². The Morgan fingerprint density at radius 2 is 1.76 bits per heavy atom. The highest BCUT2D eigenvalue weighted by Gasteiger charge is 2.30. The SMILES string of the molecule is C=C(Cl)C#CC(CCCCCCC)C(=O)c1ccc(C(F)(F)F)cc1. The van der Waals surface area contributed by atoms with Crippen molar-refractivity contribution < 1.29 is 18.0 Å². The zero-order valence-corrected chi connectivity index (χ0v) is 15.0. The molecule has 1 nitrogen and oxygen atoms in total. The van der Waals surface area contributed by atoms with E-state index in [1.165, 1.54) is 12.1 Å². The molecule has 0 saturated heterocycles. The van der Waals surface area contributed by atoms with Crippen LogP contribution < -0.4 is 0 Å². The van der Waals surface area contributed by atoms with Gasteiger partial charge in [0.15, 0.2) is 5.78 Å². The first-order valence-corrected chi connectivity index (χ1v) is 8.71. The fourth-order valence-corrected chi connectivity index (χ4v) is 2.47. The first-order valence-electron chi connectivity index (χ1n) is 8.33. The second kappa shape index (κ2) is 10.3. The molecular formula is C20H22ClF3O. The summed E-state index contributed by atoms with van der Waals surface area (Å²) in [6.07, 6.45) is 1.32. The lowest BCUT2D eigenvalue weighted by molar-refractivity contribution is -0.137. The van der Waals surface area contributed by atoms with E-state index in [2.05, 4.69) is 25.3 Å². The van der Waals surface area contributed by atoms with Gasteiger partial charge in [0.05, 0.1) is 16.5 Å². The fraction of sp³-hybridized carbons (Fsp3) is 0.450. The summed E-state index contributed by atoms with van der Waals surface area (Å²) in [5.74, 6) is 4.53. The van der Waals surface area contributed by atoms with Gasteiger partial charge in [-0.2, -0.15) is 13.2 Å². The molecule has 5 heteroatoms. The van der Waals surface area contributed by atoms with Crippen molar-refractivity contribution in [1.29, 1.82) is 0 Å². The van der Waals surface area contributed by atoms with Crippen molar-refractivity contribution in [3.63, 3.8) is 0 Å². The molecule has 136 valence electrons. The first kappa shape index (κ1) is 21.3. The zero-order chi connectivity index (χ0) is 18.9. The van der Waals surface area contributed by atoms with Crippen molar-refractivity contribution in [3.8, 4) is 11.8 Å². The third kappa shape index (κ3) is 7.79. The van der Waals surface area contributed by atoms with Crippen LogP contribution in [0.1, 0.15) is 61.4 Å². The van der Waals surface area contributed by atoms with Gasteiger partial charge in [0, 0.05) is 5.56 Å². The van der Waals surface area contributed by atoms with Crippen LogP contribution >= 0.6 is 11.6 Å². The number of allylic oxidation sites excluding steroid dienone is 1. The number of alkyl halides is 3. The van der Waals surface area contributed by atoms with Crippen molar-refractivity contribution in [2.24, 2.45) is 5.92 Å². The van der Waals surface area contributed by atoms with Gasteiger partial charge in [-0.25, -0.2) is 0 Å². The van der Waals surface area contributed by atoms with Gasteiger partial charge >= 0.3 is 6.18 Å². The Morgan fingerprint density at radius 3 is 2.28 bits per heavy atom. The van der Waals surface area contributed by atoms with Crippen LogP contribution in [0.2, 0.25) is 0 Å². The maximum Gasteiger partial charge on any atom is 0.416 e. The molecule has 0 heterocycles. The molecule has 0 spiro atoms. The quantitative estimate of drug-likeness (QED) is 0.285. The van der Waals surface area contributed by atoms with Gasteiger partial charge in [0.1, 0.15) is 0 Å². The predicted molar refractivity (Wildman–Crippen MR) is 95.4 cm³/mol. The largest absolute Gasteiger partial charge is 0.416 e. The smallest absolute Gasteiger partial charge is 0.293 e. The Kier molecular flexibility index (Phi) is 8.78. The minimum atomic E-state index is -4.42. The molecular weight excluding hydrogens is 349 g/mol. The number of rotatable bonds is 8. The third-order valence-corrected chi connectivity index (χ3v) is 3.89. The molecule has 0 radical (unpaired) electrons. The van der Waals surface area contributed by atoms with Crippen LogP contribution in [0.5, 0.6) is 0 Å². The molecule has 25 heavy (non-hydrogen) atoms. The molecule has 1 aromatic rings. The fourth-order valence-electron chi connectivity index (χ4n) is 2.41. The Morgan fingerprint density at radius 1 is 1.16 bits per heavy atom. The summed E-state index contributed by atoms with van der Waals surface area (Å²) in [6, 6.07) is 4.23. The summed E-state index contributed by atoms with van der Waals surface area (Å²) in [4.78, 5) is 12.6. The van der Waals surface area contributed by atoms with Crippen molar-refractivity contribution in [3.05, 3.63) is 47.0 Å². The second-order valence-corrected chi connectivity index (χ2v) is 6.33. The molecule has 0 aliphatic heterocycles. The van der Waals surface area contributed by atoms with E-state index in [0.29, 0.717) is 6.42 Å². The van der Waals surface area contributed by atoms with Crippen LogP contribution in [0.15, 0.2) is 35.9 Å². The average molecular weight is 371 g/mol. The van der Waals surface area contributed by atoms with E-state index in [-0.39, 0.29) is 16.4 Å². The number of ketones is 1. The molecule has 0 amide bonds. The molecule has 0 bridgehead atoms. The van der Waals surface area contributed by atoms with Gasteiger partial charge in [-0.05, 0) is 18.6 Å². The van der Waals surface area contributed by atoms with E-state index in [1.807, 2.05) is 0 Å². The van der Waals surface area contributed by atoms with Crippen LogP contribution in [0.4, 0.5) is 13.2 Å². The van der Waals surface area contributed by atoms with Gasteiger partial charge in [-0.3, -0.25) is 4.79 Å². The van der Waals surface area contributed by atoms with E-state index in [1.54, 1.807) is 0 Å². The summed E-state index contributed by atoms with van der Waals surface area (Å²) >= 11 is 5.64. The van der Waals surface area contributed by atoms with Crippen molar-refractivity contribution in [2.45, 2.75) is 51.6 Å². The van der Waals surface area contributed by atoms with E-state index >= 15 is 0 Å². The Hall–Kier alpha value is -1.73. The van der Waals surface area contributed by atoms with Crippen molar-refractivity contribution >= 4 is 17.4 Å². The Labute approximate surface area is 152 Å². The van der Waals surface area contributed by atoms with Gasteiger partial charge in [-0.15, -0.1) is 0 Å². The molecule has 1 aromatic carbocycles. The lowest BCUT2D eigenvalue weighted by Gasteiger charge is -2.11. The second-order valence-electron chi connectivity index (χ2n) is 5.87. The highest BCUT2D eigenvalue weighted by atomic mass is 35.5. The topological polar surface area (TPSA) is 17.1 Å². The molecule has 1 atom stereocenters. The van der Waals surface area contributed by atoms with Gasteiger partial charge in [-0.1, -0.05) is 81.2 Å². The molecule has 0 saturated carbocycles. The number of halogens is 4. The van der Waals surface area contributed by atoms with Crippen molar-refractivity contribution in [2.75, 3.05) is 0 Å². The Bertz CT molecular complexity index is 636. The highest BCUT2D eigenvalue weighted by Crippen LogP contribution is 2.29. The molecule has 0 fully saturated rings. The summed E-state index contributed by atoms with van der Waals surface area (Å²) < 4.78 is 37.9. The monoisotopic (exact) mass is 370 g/mol. The lowest BCUT2D eigenvalue weighted by atomic mass is 9.92. The summed E-state index contributed by atoms with van der Waals surface area (Å²) in [5, 5.41) is 0.135. The number of benzene rings is 1. The molecule has 0 aromatic heterocycles. The van der Waals surface area contributed by atoms with Gasteiger partial charge in [0.2, 0.25) is 0 Å². The zero-order valence-electron chi connectivity index (χ0n) is 14.3. The predicted octanol–water partition coefficient (Wildman–Crippen LogP) is 6.62. The van der Waals surface area contributed by atoms with E-state index in [4.69, 9.17) is 11.6 Å². The van der Waals surface area contributed by atoms with Crippen LogP contribution in [-0.4, -0.2) is 5.78 Å². The van der Waals surface area contributed by atoms with Crippen molar-refractivity contribution in [1.82, 2.24) is 0 Å². The summed E-state index contributed by atoms with van der Waals surface area (Å²) in [5.41, 5.74) is -0.554. The molecule has 0 aliphatic carbocycles. The number of carbonyl (C=O) groups excluding carboxylic acids is 1. The number of carbonyl (C=O) groups is 1. The maximum absolute atomic E-state index is 12.6. The van der Waals surface area contributed by atoms with Crippen LogP contribution in [-0.2, 0) is 6.18 Å². The molecule has 0 N–H and O–H groups in total. The minimum absolute atomic E-state index is 0.135. The number of Topliss-reactive ketones (excluding diaryl/α,β-unsaturated/α-hetero) is 1. The molecule has 0 aliphatic rings. The normalized spacial score (nSPS) is 12.2. The molecule has 1 rings (SSSR count). The number of unbranched alkanes of at least 4 members (excludes halogenated alkanes) is 4. The summed E-state index contributed by atoms with van der Waals surface area (Å²) in [6.45, 7) is 5.59. The van der Waals surface area contributed by atoms with Gasteiger partial charge in [0.25, 0.3) is 0 Å². The molecule has 1 unspecified atom stereocenters. The lowest BCUT2D eigenvalue weighted by Crippen LogP contribution is -2.14. The first-order chi connectivity index (χ1) is 11.8. The van der Waals surface area contributed by atoms with E-state index in [9.17, 15) is 18.0 Å². The average Bonchev–Trinajstić information content (AvgIpc) is 2.56. The Balaban J connectivity index is 2.84. The van der Waals surface area contributed by atoms with E-state index < -0.39 is 17.7 Å². The van der Waals surface area contributed by atoms with Gasteiger partial charge < -0.3 is 0 Å². The van der Waals surface area contributed by atoms with Crippen LogP contribution in [0, 0.1) is 17.8 Å². The summed E-state index contributed by atoms with van der Waals surface area (Å²) in [7, 11) is 0. The van der Waals surface area contributed by atoms with Crippen LogP contribution in [0.3, 0.4) is 0 Å². The minimum Gasteiger partial charge on any atom is -0.293 e. The maximum atomic E-state index is 12.6.